The van der Waals surface area contributed by atoms with E-state index in [1.807, 2.05) is 12.1 Å². The Kier molecular flexibility index (Phi) is 6.42. The SMILES string of the molecule is Cl.Clc1cc(CNCC2CCNCC2)c2c(c1)OCCO2. The smallest absolute Gasteiger partial charge is 0.165 e. The maximum absolute atomic E-state index is 6.14. The molecule has 2 aliphatic rings. The summed E-state index contributed by atoms with van der Waals surface area (Å²) >= 11 is 6.14. The minimum atomic E-state index is 0. The fourth-order valence-corrected chi connectivity index (χ4v) is 3.05. The lowest BCUT2D eigenvalue weighted by Gasteiger charge is -2.24. The molecule has 0 spiro atoms. The number of piperidine rings is 1. The Balaban J connectivity index is 0.00000161. The van der Waals surface area contributed by atoms with Gasteiger partial charge in [0.25, 0.3) is 0 Å². The average Bonchev–Trinajstić information content (AvgIpc) is 2.48. The molecule has 0 amide bonds. The first-order chi connectivity index (χ1) is 9.83. The lowest BCUT2D eigenvalue weighted by Crippen LogP contribution is -2.33. The van der Waals surface area contributed by atoms with Crippen molar-refractivity contribution in [3.05, 3.63) is 22.7 Å². The second-order valence-electron chi connectivity index (χ2n) is 5.41. The molecule has 0 radical (unpaired) electrons. The van der Waals surface area contributed by atoms with Crippen molar-refractivity contribution in [2.45, 2.75) is 19.4 Å². The molecule has 0 unspecified atom stereocenters. The number of hydrogen-bond acceptors (Lipinski definition) is 4. The highest BCUT2D eigenvalue weighted by Gasteiger charge is 2.18. The molecule has 6 heteroatoms. The summed E-state index contributed by atoms with van der Waals surface area (Å²) in [6.07, 6.45) is 2.50. The molecule has 0 atom stereocenters. The van der Waals surface area contributed by atoms with Crippen LogP contribution in [0.15, 0.2) is 12.1 Å². The highest BCUT2D eigenvalue weighted by atomic mass is 35.5. The van der Waals surface area contributed by atoms with E-state index in [-0.39, 0.29) is 12.4 Å². The van der Waals surface area contributed by atoms with Gasteiger partial charge in [0.05, 0.1) is 0 Å². The van der Waals surface area contributed by atoms with Gasteiger partial charge in [-0.15, -0.1) is 12.4 Å². The topological polar surface area (TPSA) is 42.5 Å². The Morgan fingerprint density at radius 2 is 1.95 bits per heavy atom. The molecule has 3 rings (SSSR count). The summed E-state index contributed by atoms with van der Waals surface area (Å²) in [5.41, 5.74) is 1.08. The van der Waals surface area contributed by atoms with Gasteiger partial charge in [0.15, 0.2) is 11.5 Å². The normalized spacial score (nSPS) is 18.1. The lowest BCUT2D eigenvalue weighted by molar-refractivity contribution is 0.169. The monoisotopic (exact) mass is 332 g/mol. The van der Waals surface area contributed by atoms with Crippen LogP contribution in [0.25, 0.3) is 0 Å². The van der Waals surface area contributed by atoms with E-state index in [0.717, 1.165) is 49.2 Å². The molecule has 1 saturated heterocycles. The summed E-state index contributed by atoms with van der Waals surface area (Å²) in [5.74, 6) is 2.38. The first-order valence-corrected chi connectivity index (χ1v) is 7.70. The third-order valence-corrected chi connectivity index (χ3v) is 4.11. The molecule has 1 fully saturated rings. The standard InChI is InChI=1S/C15H21ClN2O2.ClH/c16-13-7-12(15-14(8-13)19-5-6-20-15)10-18-9-11-1-3-17-4-2-11;/h7-8,11,17-18H,1-6,9-10H2;1H. The summed E-state index contributed by atoms with van der Waals surface area (Å²) in [6.45, 7) is 5.29. The zero-order valence-corrected chi connectivity index (χ0v) is 13.6. The van der Waals surface area contributed by atoms with Gasteiger partial charge in [-0.25, -0.2) is 0 Å². The van der Waals surface area contributed by atoms with Crippen LogP contribution in [0.5, 0.6) is 11.5 Å². The van der Waals surface area contributed by atoms with E-state index >= 15 is 0 Å². The van der Waals surface area contributed by atoms with Gasteiger partial charge in [0.2, 0.25) is 0 Å². The van der Waals surface area contributed by atoms with Gasteiger partial charge >= 0.3 is 0 Å². The fraction of sp³-hybridized carbons (Fsp3) is 0.600. The van der Waals surface area contributed by atoms with Gasteiger partial charge in [-0.3, -0.25) is 0 Å². The van der Waals surface area contributed by atoms with E-state index < -0.39 is 0 Å². The Bertz CT molecular complexity index is 465. The maximum Gasteiger partial charge on any atom is 0.165 e. The molecule has 0 aliphatic carbocycles. The van der Waals surface area contributed by atoms with Crippen LogP contribution in [0.3, 0.4) is 0 Å². The number of halogens is 2. The second kappa shape index (κ2) is 8.08. The summed E-state index contributed by atoms with van der Waals surface area (Å²) in [5, 5.41) is 7.62. The van der Waals surface area contributed by atoms with Crippen LogP contribution in [0.4, 0.5) is 0 Å². The largest absolute Gasteiger partial charge is 0.486 e. The summed E-state index contributed by atoms with van der Waals surface area (Å²) in [6, 6.07) is 3.79. The zero-order chi connectivity index (χ0) is 13.8. The number of rotatable bonds is 4. The molecule has 118 valence electrons. The van der Waals surface area contributed by atoms with E-state index in [0.29, 0.717) is 18.2 Å². The van der Waals surface area contributed by atoms with Crippen molar-refractivity contribution in [3.8, 4) is 11.5 Å². The fourth-order valence-electron chi connectivity index (χ4n) is 2.82. The summed E-state index contributed by atoms with van der Waals surface area (Å²) in [4.78, 5) is 0. The highest BCUT2D eigenvalue weighted by Crippen LogP contribution is 2.36. The molecule has 0 saturated carbocycles. The molecule has 1 aromatic rings. The van der Waals surface area contributed by atoms with Gasteiger partial charge in [0, 0.05) is 23.2 Å². The van der Waals surface area contributed by atoms with Crippen molar-refractivity contribution in [3.63, 3.8) is 0 Å². The van der Waals surface area contributed by atoms with Gasteiger partial charge in [-0.05, 0) is 44.5 Å². The number of fused-ring (bicyclic) bond motifs is 1. The van der Waals surface area contributed by atoms with E-state index in [1.165, 1.54) is 12.8 Å². The summed E-state index contributed by atoms with van der Waals surface area (Å²) in [7, 11) is 0. The van der Waals surface area contributed by atoms with Crippen LogP contribution in [-0.4, -0.2) is 32.8 Å². The van der Waals surface area contributed by atoms with E-state index in [1.54, 1.807) is 0 Å². The lowest BCUT2D eigenvalue weighted by atomic mass is 9.98. The average molecular weight is 333 g/mol. The Morgan fingerprint density at radius 1 is 1.19 bits per heavy atom. The first-order valence-electron chi connectivity index (χ1n) is 7.32. The van der Waals surface area contributed by atoms with Crippen LogP contribution in [-0.2, 0) is 6.54 Å². The van der Waals surface area contributed by atoms with Crippen LogP contribution >= 0.6 is 24.0 Å². The highest BCUT2D eigenvalue weighted by molar-refractivity contribution is 6.30. The molecule has 1 aromatic carbocycles. The number of ether oxygens (including phenoxy) is 2. The van der Waals surface area contributed by atoms with Crippen molar-refractivity contribution in [2.24, 2.45) is 5.92 Å². The van der Waals surface area contributed by atoms with E-state index in [4.69, 9.17) is 21.1 Å². The van der Waals surface area contributed by atoms with Crippen molar-refractivity contribution in [1.82, 2.24) is 10.6 Å². The first kappa shape index (κ1) is 16.7. The Hall–Kier alpha value is -0.680. The van der Waals surface area contributed by atoms with E-state index in [2.05, 4.69) is 10.6 Å². The minimum Gasteiger partial charge on any atom is -0.486 e. The molecular weight excluding hydrogens is 311 g/mol. The van der Waals surface area contributed by atoms with Gasteiger partial charge in [-0.1, -0.05) is 11.6 Å². The predicted octanol–water partition coefficient (Wildman–Crippen LogP) is 2.62. The number of benzene rings is 1. The van der Waals surface area contributed by atoms with Crippen molar-refractivity contribution in [1.29, 1.82) is 0 Å². The van der Waals surface area contributed by atoms with Gasteiger partial charge < -0.3 is 20.1 Å². The molecule has 0 bridgehead atoms. The molecule has 2 aliphatic heterocycles. The predicted molar refractivity (Wildman–Crippen MR) is 87.0 cm³/mol. The van der Waals surface area contributed by atoms with Gasteiger partial charge in [0.1, 0.15) is 13.2 Å². The molecule has 0 aromatic heterocycles. The Morgan fingerprint density at radius 3 is 2.76 bits per heavy atom. The van der Waals surface area contributed by atoms with Crippen LogP contribution < -0.4 is 20.1 Å². The molecule has 2 heterocycles. The van der Waals surface area contributed by atoms with Crippen molar-refractivity contribution >= 4 is 24.0 Å². The number of nitrogens with one attached hydrogen (secondary N) is 2. The van der Waals surface area contributed by atoms with Crippen LogP contribution in [0, 0.1) is 5.92 Å². The van der Waals surface area contributed by atoms with E-state index in [9.17, 15) is 0 Å². The second-order valence-corrected chi connectivity index (χ2v) is 5.85. The quantitative estimate of drug-likeness (QED) is 0.889. The minimum absolute atomic E-state index is 0. The zero-order valence-electron chi connectivity index (χ0n) is 12.0. The maximum atomic E-state index is 6.14. The van der Waals surface area contributed by atoms with Crippen molar-refractivity contribution < 1.29 is 9.47 Å². The third-order valence-electron chi connectivity index (χ3n) is 3.89. The Labute approximate surface area is 136 Å². The number of hydrogen-bond donors (Lipinski definition) is 2. The molecule has 21 heavy (non-hydrogen) atoms. The van der Waals surface area contributed by atoms with Gasteiger partial charge in [-0.2, -0.15) is 0 Å². The van der Waals surface area contributed by atoms with Crippen LogP contribution in [0.1, 0.15) is 18.4 Å². The van der Waals surface area contributed by atoms with Crippen molar-refractivity contribution in [2.75, 3.05) is 32.8 Å². The molecular formula is C15H22Cl2N2O2. The van der Waals surface area contributed by atoms with Crippen LogP contribution in [0.2, 0.25) is 5.02 Å². The molecule has 2 N–H and O–H groups in total. The summed E-state index contributed by atoms with van der Waals surface area (Å²) < 4.78 is 11.3. The molecule has 4 nitrogen and oxygen atoms in total. The third kappa shape index (κ3) is 4.39.